The average molecular weight is 235 g/mol. The van der Waals surface area contributed by atoms with Crippen LogP contribution in [0.25, 0.3) is 0 Å². The van der Waals surface area contributed by atoms with Crippen molar-refractivity contribution in [1.29, 1.82) is 0 Å². The van der Waals surface area contributed by atoms with Crippen LogP contribution < -0.4 is 10.6 Å². The molecule has 3 heteroatoms. The maximum Gasteiger partial charge on any atom is 0.128 e. The van der Waals surface area contributed by atoms with E-state index >= 15 is 0 Å². The Hall–Kier alpha value is -1.25. The second-order valence-corrected chi connectivity index (χ2v) is 4.94. The Bertz CT molecular complexity index is 323. The van der Waals surface area contributed by atoms with E-state index in [1.807, 2.05) is 18.2 Å². The molecular weight excluding hydrogens is 210 g/mol. The second kappa shape index (κ2) is 7.15. The zero-order valence-electron chi connectivity index (χ0n) is 11.5. The van der Waals surface area contributed by atoms with Gasteiger partial charge in [0, 0.05) is 13.1 Å². The fraction of sp³-hybridized carbons (Fsp3) is 0.643. The summed E-state index contributed by atoms with van der Waals surface area (Å²) in [7, 11) is 0. The molecule has 0 saturated carbocycles. The molecule has 1 heterocycles. The molecule has 0 bridgehead atoms. The third kappa shape index (κ3) is 5.07. The highest BCUT2D eigenvalue weighted by atomic mass is 15.1. The van der Waals surface area contributed by atoms with E-state index in [0.717, 1.165) is 31.1 Å². The number of nitrogens with zero attached hydrogens (tertiary/aromatic N) is 1. The molecule has 0 fully saturated rings. The van der Waals surface area contributed by atoms with Crippen molar-refractivity contribution in [3.05, 3.63) is 18.2 Å². The number of pyridine rings is 1. The Balaban J connectivity index is 2.48. The van der Waals surface area contributed by atoms with Crippen LogP contribution in [0.4, 0.5) is 11.6 Å². The van der Waals surface area contributed by atoms with Gasteiger partial charge in [0.25, 0.3) is 0 Å². The van der Waals surface area contributed by atoms with Crippen LogP contribution in [0.3, 0.4) is 0 Å². The molecule has 1 unspecified atom stereocenters. The summed E-state index contributed by atoms with van der Waals surface area (Å²) in [6.45, 7) is 10.9. The predicted octanol–water partition coefficient (Wildman–Crippen LogP) is 3.61. The predicted molar refractivity (Wildman–Crippen MR) is 75.5 cm³/mol. The fourth-order valence-electron chi connectivity index (χ4n) is 1.39. The van der Waals surface area contributed by atoms with E-state index in [4.69, 9.17) is 0 Å². The van der Waals surface area contributed by atoms with Gasteiger partial charge >= 0.3 is 0 Å². The molecule has 0 aliphatic rings. The van der Waals surface area contributed by atoms with Crippen molar-refractivity contribution in [1.82, 2.24) is 4.98 Å². The van der Waals surface area contributed by atoms with Crippen molar-refractivity contribution in [2.45, 2.75) is 34.1 Å². The molecule has 1 rings (SSSR count). The van der Waals surface area contributed by atoms with Crippen LogP contribution in [0.2, 0.25) is 0 Å². The van der Waals surface area contributed by atoms with Crippen LogP contribution in [0.5, 0.6) is 0 Å². The Kier molecular flexibility index (Phi) is 5.81. The normalized spacial score (nSPS) is 12.5. The summed E-state index contributed by atoms with van der Waals surface area (Å²) in [4.78, 5) is 4.52. The second-order valence-electron chi connectivity index (χ2n) is 4.94. The monoisotopic (exact) mass is 235 g/mol. The molecule has 0 saturated heterocycles. The van der Waals surface area contributed by atoms with Gasteiger partial charge in [-0.1, -0.05) is 33.8 Å². The molecule has 1 atom stereocenters. The van der Waals surface area contributed by atoms with Crippen molar-refractivity contribution in [2.24, 2.45) is 11.8 Å². The number of nitrogens with one attached hydrogen (secondary N) is 2. The van der Waals surface area contributed by atoms with Crippen molar-refractivity contribution in [3.8, 4) is 0 Å². The van der Waals surface area contributed by atoms with E-state index in [-0.39, 0.29) is 0 Å². The van der Waals surface area contributed by atoms with E-state index in [0.29, 0.717) is 11.8 Å². The summed E-state index contributed by atoms with van der Waals surface area (Å²) >= 11 is 0. The highest BCUT2D eigenvalue weighted by Crippen LogP contribution is 2.13. The largest absolute Gasteiger partial charge is 0.370 e. The quantitative estimate of drug-likeness (QED) is 0.758. The molecule has 0 aromatic carbocycles. The van der Waals surface area contributed by atoms with Gasteiger partial charge in [-0.2, -0.15) is 0 Å². The minimum absolute atomic E-state index is 0.657. The van der Waals surface area contributed by atoms with Crippen molar-refractivity contribution < 1.29 is 0 Å². The van der Waals surface area contributed by atoms with Gasteiger partial charge in [0.05, 0.1) is 0 Å². The van der Waals surface area contributed by atoms with Crippen molar-refractivity contribution in [2.75, 3.05) is 23.7 Å². The lowest BCUT2D eigenvalue weighted by molar-refractivity contribution is 0.439. The molecule has 0 aliphatic carbocycles. The van der Waals surface area contributed by atoms with E-state index in [2.05, 4.69) is 43.3 Å². The summed E-state index contributed by atoms with van der Waals surface area (Å²) in [5, 5.41) is 6.69. The molecule has 0 aliphatic heterocycles. The zero-order chi connectivity index (χ0) is 12.7. The smallest absolute Gasteiger partial charge is 0.128 e. The summed E-state index contributed by atoms with van der Waals surface area (Å²) in [6, 6.07) is 6.06. The number of rotatable bonds is 7. The maximum atomic E-state index is 4.52. The molecule has 2 N–H and O–H groups in total. The zero-order valence-corrected chi connectivity index (χ0v) is 11.5. The first-order valence-corrected chi connectivity index (χ1v) is 6.58. The van der Waals surface area contributed by atoms with Crippen molar-refractivity contribution in [3.63, 3.8) is 0 Å². The number of anilines is 2. The molecule has 0 radical (unpaired) electrons. The summed E-state index contributed by atoms with van der Waals surface area (Å²) in [5.41, 5.74) is 0. The number of hydrogen-bond donors (Lipinski definition) is 2. The first kappa shape index (κ1) is 13.8. The number of hydrogen-bond acceptors (Lipinski definition) is 3. The Morgan fingerprint density at radius 2 is 1.76 bits per heavy atom. The first-order valence-electron chi connectivity index (χ1n) is 6.58. The van der Waals surface area contributed by atoms with Gasteiger partial charge in [-0.3, -0.25) is 0 Å². The van der Waals surface area contributed by atoms with Crippen LogP contribution in [-0.2, 0) is 0 Å². The first-order chi connectivity index (χ1) is 8.13. The lowest BCUT2D eigenvalue weighted by Gasteiger charge is -2.16. The molecule has 3 nitrogen and oxygen atoms in total. The summed E-state index contributed by atoms with van der Waals surface area (Å²) < 4.78 is 0. The fourth-order valence-corrected chi connectivity index (χ4v) is 1.39. The van der Waals surface area contributed by atoms with E-state index in [9.17, 15) is 0 Å². The molecule has 96 valence electrons. The van der Waals surface area contributed by atoms with Crippen LogP contribution in [0.15, 0.2) is 18.2 Å². The standard InChI is InChI=1S/C14H25N3/c1-5-9-15-13-7-6-8-14(17-13)16-10-12(4)11(2)3/h6-8,11-12H,5,9-10H2,1-4H3,(H2,15,16,17). The van der Waals surface area contributed by atoms with E-state index in [1.165, 1.54) is 0 Å². The highest BCUT2D eigenvalue weighted by Gasteiger charge is 2.06. The van der Waals surface area contributed by atoms with E-state index in [1.54, 1.807) is 0 Å². The minimum atomic E-state index is 0.657. The van der Waals surface area contributed by atoms with Gasteiger partial charge in [0.15, 0.2) is 0 Å². The third-order valence-corrected chi connectivity index (χ3v) is 3.05. The Morgan fingerprint density at radius 1 is 1.12 bits per heavy atom. The van der Waals surface area contributed by atoms with Gasteiger partial charge in [-0.15, -0.1) is 0 Å². The topological polar surface area (TPSA) is 37.0 Å². The highest BCUT2D eigenvalue weighted by molar-refractivity contribution is 5.45. The van der Waals surface area contributed by atoms with Gasteiger partial charge < -0.3 is 10.6 Å². The van der Waals surface area contributed by atoms with Gasteiger partial charge in [0.2, 0.25) is 0 Å². The van der Waals surface area contributed by atoms with Crippen LogP contribution in [0.1, 0.15) is 34.1 Å². The third-order valence-electron chi connectivity index (χ3n) is 3.05. The van der Waals surface area contributed by atoms with E-state index < -0.39 is 0 Å². The molecule has 0 spiro atoms. The summed E-state index contributed by atoms with van der Waals surface area (Å²) in [5.74, 6) is 3.26. The Labute approximate surface area is 105 Å². The minimum Gasteiger partial charge on any atom is -0.370 e. The van der Waals surface area contributed by atoms with Gasteiger partial charge in [0.1, 0.15) is 11.6 Å². The number of aromatic nitrogens is 1. The van der Waals surface area contributed by atoms with Gasteiger partial charge in [-0.05, 0) is 30.4 Å². The molecule has 1 aromatic heterocycles. The molecular formula is C14H25N3. The lowest BCUT2D eigenvalue weighted by atomic mass is 9.98. The Morgan fingerprint density at radius 3 is 2.35 bits per heavy atom. The van der Waals surface area contributed by atoms with Crippen LogP contribution in [0, 0.1) is 11.8 Å². The van der Waals surface area contributed by atoms with Crippen molar-refractivity contribution >= 4 is 11.6 Å². The molecule has 0 amide bonds. The molecule has 1 aromatic rings. The average Bonchev–Trinajstić information content (AvgIpc) is 2.33. The van der Waals surface area contributed by atoms with Crippen LogP contribution in [-0.4, -0.2) is 18.1 Å². The van der Waals surface area contributed by atoms with Gasteiger partial charge in [-0.25, -0.2) is 4.98 Å². The lowest BCUT2D eigenvalue weighted by Crippen LogP contribution is -2.17. The summed E-state index contributed by atoms with van der Waals surface area (Å²) in [6.07, 6.45) is 1.11. The van der Waals surface area contributed by atoms with Crippen LogP contribution >= 0.6 is 0 Å². The SMILES string of the molecule is CCCNc1cccc(NCC(C)C(C)C)n1. The molecule has 17 heavy (non-hydrogen) atoms. The maximum absolute atomic E-state index is 4.52.